The molecule has 0 N–H and O–H groups in total. The molecule has 0 saturated heterocycles. The third-order valence-electron chi connectivity index (χ3n) is 6.95. The van der Waals surface area contributed by atoms with Crippen molar-refractivity contribution in [1.82, 2.24) is 4.57 Å². The zero-order valence-electron chi connectivity index (χ0n) is 18.9. The lowest BCUT2D eigenvalue weighted by atomic mass is 10.0. The Morgan fingerprint density at radius 2 is 1.29 bits per heavy atom. The second-order valence-electron chi connectivity index (χ2n) is 9.01. The Kier molecular flexibility index (Phi) is 4.03. The average Bonchev–Trinajstić information content (AvgIpc) is 3.50. The fraction of sp³-hybridized carbons (Fsp3) is 0.0323. The zero-order valence-corrected chi connectivity index (χ0v) is 18.9. The number of Topliss-reactive ketones (excluding diaryl/α,β-unsaturated/α-hetero) is 2. The number of aryl methyl sites for hydroxylation is 1. The fourth-order valence-corrected chi connectivity index (χ4v) is 5.11. The molecular formula is C31H19NO3. The minimum Gasteiger partial charge on any atom is -0.455 e. The molecule has 2 aromatic heterocycles. The molecule has 0 bridgehead atoms. The van der Waals surface area contributed by atoms with E-state index in [2.05, 4.69) is 34.9 Å². The number of aromatic nitrogens is 1. The van der Waals surface area contributed by atoms with E-state index in [0.29, 0.717) is 22.5 Å². The van der Waals surface area contributed by atoms with Gasteiger partial charge in [-0.2, -0.15) is 0 Å². The topological polar surface area (TPSA) is 52.2 Å². The van der Waals surface area contributed by atoms with E-state index in [-0.39, 0.29) is 17.1 Å². The highest BCUT2D eigenvalue weighted by Gasteiger charge is 2.33. The number of carbonyl (C=O) groups is 2. The molecule has 2 heterocycles. The normalized spacial score (nSPS) is 13.3. The SMILES string of the molecule is Cn1c(-c2ccc3ccccc3c2)cc2oc(C=C3C(=O)c4cc5ccccc5cc4C3=O)cc21. The zero-order chi connectivity index (χ0) is 23.7. The lowest BCUT2D eigenvalue weighted by Gasteiger charge is -2.06. The van der Waals surface area contributed by atoms with Gasteiger partial charge in [-0.25, -0.2) is 0 Å². The molecule has 0 amide bonds. The van der Waals surface area contributed by atoms with Crippen molar-refractivity contribution in [1.29, 1.82) is 0 Å². The minimum absolute atomic E-state index is 0.143. The number of hydrogen-bond acceptors (Lipinski definition) is 3. The van der Waals surface area contributed by atoms with Crippen LogP contribution in [-0.2, 0) is 7.05 Å². The van der Waals surface area contributed by atoms with Crippen molar-refractivity contribution in [2.75, 3.05) is 0 Å². The van der Waals surface area contributed by atoms with Gasteiger partial charge in [-0.15, -0.1) is 0 Å². The minimum atomic E-state index is -0.256. The first kappa shape index (κ1) is 19.7. The van der Waals surface area contributed by atoms with Crippen LogP contribution in [-0.4, -0.2) is 16.1 Å². The van der Waals surface area contributed by atoms with E-state index >= 15 is 0 Å². The molecule has 4 aromatic carbocycles. The van der Waals surface area contributed by atoms with Crippen molar-refractivity contribution in [3.63, 3.8) is 0 Å². The third-order valence-corrected chi connectivity index (χ3v) is 6.95. The van der Waals surface area contributed by atoms with Crippen LogP contribution in [0.5, 0.6) is 0 Å². The Balaban J connectivity index is 1.28. The van der Waals surface area contributed by atoms with Gasteiger partial charge in [0.05, 0.1) is 16.8 Å². The summed E-state index contributed by atoms with van der Waals surface area (Å²) in [5.74, 6) is -0.0224. The molecule has 0 spiro atoms. The summed E-state index contributed by atoms with van der Waals surface area (Å²) in [5, 5.41) is 4.26. The first-order valence-corrected chi connectivity index (χ1v) is 11.5. The van der Waals surface area contributed by atoms with E-state index < -0.39 is 0 Å². The summed E-state index contributed by atoms with van der Waals surface area (Å²) in [5.41, 5.74) is 4.80. The second kappa shape index (κ2) is 7.15. The van der Waals surface area contributed by atoms with E-state index in [1.807, 2.05) is 55.6 Å². The Hall–Kier alpha value is -4.70. The van der Waals surface area contributed by atoms with Crippen LogP contribution >= 0.6 is 0 Å². The maximum Gasteiger partial charge on any atom is 0.197 e. The highest BCUT2D eigenvalue weighted by atomic mass is 16.3. The molecule has 0 radical (unpaired) electrons. The largest absolute Gasteiger partial charge is 0.455 e. The third kappa shape index (κ3) is 2.93. The van der Waals surface area contributed by atoms with Crippen LogP contribution in [0.3, 0.4) is 0 Å². The van der Waals surface area contributed by atoms with Gasteiger partial charge in [0.15, 0.2) is 17.1 Å². The van der Waals surface area contributed by atoms with Crippen LogP contribution in [0.25, 0.3) is 50.0 Å². The van der Waals surface area contributed by atoms with Crippen LogP contribution in [0.15, 0.2) is 101 Å². The van der Waals surface area contributed by atoms with E-state index in [4.69, 9.17) is 4.42 Å². The number of benzene rings is 4. The molecule has 35 heavy (non-hydrogen) atoms. The maximum atomic E-state index is 13.1. The first-order chi connectivity index (χ1) is 17.1. The van der Waals surface area contributed by atoms with E-state index in [1.165, 1.54) is 10.8 Å². The lowest BCUT2D eigenvalue weighted by Crippen LogP contribution is -1.99. The van der Waals surface area contributed by atoms with Gasteiger partial charge in [0.25, 0.3) is 0 Å². The van der Waals surface area contributed by atoms with Crippen molar-refractivity contribution in [2.24, 2.45) is 7.05 Å². The van der Waals surface area contributed by atoms with E-state index in [1.54, 1.807) is 18.2 Å². The van der Waals surface area contributed by atoms with Crippen LogP contribution in [0.4, 0.5) is 0 Å². The Morgan fingerprint density at radius 1 is 0.686 bits per heavy atom. The molecule has 0 unspecified atom stereocenters. The van der Waals surface area contributed by atoms with Gasteiger partial charge in [0.1, 0.15) is 5.76 Å². The van der Waals surface area contributed by atoms with Gasteiger partial charge >= 0.3 is 0 Å². The maximum absolute atomic E-state index is 13.1. The van der Waals surface area contributed by atoms with Crippen LogP contribution in [0.2, 0.25) is 0 Å². The molecule has 0 fully saturated rings. The lowest BCUT2D eigenvalue weighted by molar-refractivity contribution is 0.0990. The van der Waals surface area contributed by atoms with Gasteiger partial charge in [-0.05, 0) is 51.4 Å². The van der Waals surface area contributed by atoms with E-state index in [9.17, 15) is 9.59 Å². The number of allylic oxidation sites excluding steroid dienone is 1. The van der Waals surface area contributed by atoms with Crippen molar-refractivity contribution in [3.05, 3.63) is 113 Å². The molecule has 1 aliphatic carbocycles. The van der Waals surface area contributed by atoms with Crippen LogP contribution in [0, 0.1) is 0 Å². The number of hydrogen-bond donors (Lipinski definition) is 0. The number of ketones is 2. The molecule has 1 aliphatic rings. The van der Waals surface area contributed by atoms with Gasteiger partial charge < -0.3 is 8.98 Å². The van der Waals surface area contributed by atoms with Gasteiger partial charge in [-0.1, -0.05) is 60.7 Å². The summed E-state index contributed by atoms with van der Waals surface area (Å²) in [4.78, 5) is 26.2. The second-order valence-corrected chi connectivity index (χ2v) is 9.01. The molecule has 4 nitrogen and oxygen atoms in total. The number of nitrogens with zero attached hydrogens (tertiary/aromatic N) is 1. The standard InChI is InChI=1S/C31H19NO3/c1-32-27(22-11-10-18-6-2-3-7-19(18)12-22)17-29-28(32)16-23(35-29)15-26-30(33)24-13-20-8-4-5-9-21(20)14-25(24)31(26)34/h2-17H,1H3. The highest BCUT2D eigenvalue weighted by molar-refractivity contribution is 6.42. The molecule has 0 aliphatic heterocycles. The molecular weight excluding hydrogens is 434 g/mol. The first-order valence-electron chi connectivity index (χ1n) is 11.5. The predicted molar refractivity (Wildman–Crippen MR) is 139 cm³/mol. The Morgan fingerprint density at radius 3 is 1.91 bits per heavy atom. The smallest absolute Gasteiger partial charge is 0.197 e. The average molecular weight is 453 g/mol. The fourth-order valence-electron chi connectivity index (χ4n) is 5.11. The summed E-state index contributed by atoms with van der Waals surface area (Å²) in [6.45, 7) is 0. The molecule has 4 heteroatoms. The van der Waals surface area contributed by atoms with Crippen molar-refractivity contribution in [2.45, 2.75) is 0 Å². The predicted octanol–water partition coefficient (Wildman–Crippen LogP) is 7.21. The summed E-state index contributed by atoms with van der Waals surface area (Å²) in [7, 11) is 1.99. The van der Waals surface area contributed by atoms with Gasteiger partial charge in [0.2, 0.25) is 0 Å². The Bertz CT molecular complexity index is 1840. The number of rotatable bonds is 2. The molecule has 0 atom stereocenters. The van der Waals surface area contributed by atoms with Crippen LogP contribution in [0.1, 0.15) is 26.5 Å². The summed E-state index contributed by atoms with van der Waals surface area (Å²) >= 11 is 0. The van der Waals surface area contributed by atoms with Gasteiger partial charge in [0, 0.05) is 30.3 Å². The summed E-state index contributed by atoms with van der Waals surface area (Å²) < 4.78 is 8.15. The number of fused-ring (bicyclic) bond motifs is 4. The monoisotopic (exact) mass is 453 g/mol. The van der Waals surface area contributed by atoms with Crippen molar-refractivity contribution >= 4 is 50.3 Å². The summed E-state index contributed by atoms with van der Waals surface area (Å²) in [6.07, 6.45) is 1.57. The Labute approximate surface area is 200 Å². The van der Waals surface area contributed by atoms with Crippen molar-refractivity contribution in [3.8, 4) is 11.3 Å². The number of carbonyl (C=O) groups excluding carboxylic acids is 2. The van der Waals surface area contributed by atoms with Gasteiger partial charge in [-0.3, -0.25) is 9.59 Å². The molecule has 166 valence electrons. The summed E-state index contributed by atoms with van der Waals surface area (Å²) in [6, 6.07) is 29.9. The van der Waals surface area contributed by atoms with E-state index in [0.717, 1.165) is 27.5 Å². The number of furan rings is 1. The molecule has 7 rings (SSSR count). The quantitative estimate of drug-likeness (QED) is 0.206. The molecule has 6 aromatic rings. The highest BCUT2D eigenvalue weighted by Crippen LogP contribution is 2.34. The van der Waals surface area contributed by atoms with Crippen molar-refractivity contribution < 1.29 is 14.0 Å². The molecule has 0 saturated carbocycles. The van der Waals surface area contributed by atoms with Crippen LogP contribution < -0.4 is 0 Å².